The van der Waals surface area contributed by atoms with Crippen molar-refractivity contribution in [2.75, 3.05) is 33.2 Å². The van der Waals surface area contributed by atoms with Gasteiger partial charge in [0.1, 0.15) is 0 Å². The number of nitro groups is 1. The summed E-state index contributed by atoms with van der Waals surface area (Å²) in [5.41, 5.74) is 1.23. The average molecular weight is 329 g/mol. The summed E-state index contributed by atoms with van der Waals surface area (Å²) in [4.78, 5) is 26.9. The highest BCUT2D eigenvalue weighted by Gasteiger charge is 2.20. The third kappa shape index (κ3) is 3.43. The molecule has 0 aliphatic carbocycles. The van der Waals surface area contributed by atoms with Crippen LogP contribution in [0.15, 0.2) is 36.7 Å². The lowest BCUT2D eigenvalue weighted by molar-refractivity contribution is -0.384. The Morgan fingerprint density at radius 2 is 1.92 bits per heavy atom. The number of non-ortho nitro benzene ring substituents is 1. The zero-order valence-corrected chi connectivity index (χ0v) is 13.5. The van der Waals surface area contributed by atoms with Crippen LogP contribution in [0.4, 0.5) is 5.69 Å². The fourth-order valence-corrected chi connectivity index (χ4v) is 2.73. The second kappa shape index (κ2) is 6.79. The van der Waals surface area contributed by atoms with E-state index in [2.05, 4.69) is 17.0 Å². The maximum atomic E-state index is 12.6. The molecule has 8 nitrogen and oxygen atoms in total. The van der Waals surface area contributed by atoms with Gasteiger partial charge in [0.15, 0.2) is 0 Å². The van der Waals surface area contributed by atoms with E-state index in [1.54, 1.807) is 29.2 Å². The Kier molecular flexibility index (Phi) is 4.57. The van der Waals surface area contributed by atoms with Crippen LogP contribution in [-0.4, -0.2) is 63.6 Å². The van der Waals surface area contributed by atoms with Crippen molar-refractivity contribution in [1.29, 1.82) is 0 Å². The van der Waals surface area contributed by atoms with E-state index in [0.717, 1.165) is 26.1 Å². The average Bonchev–Trinajstić information content (AvgIpc) is 2.97. The maximum Gasteiger partial charge on any atom is 0.269 e. The van der Waals surface area contributed by atoms with Crippen LogP contribution in [0.2, 0.25) is 0 Å². The second-order valence-corrected chi connectivity index (χ2v) is 5.90. The zero-order valence-electron chi connectivity index (χ0n) is 13.5. The van der Waals surface area contributed by atoms with Crippen LogP contribution in [0, 0.1) is 10.1 Å². The number of rotatable bonds is 3. The molecule has 3 rings (SSSR count). The van der Waals surface area contributed by atoms with Crippen LogP contribution in [0.25, 0.3) is 5.69 Å². The molecule has 0 radical (unpaired) electrons. The first-order valence-corrected chi connectivity index (χ1v) is 7.82. The largest absolute Gasteiger partial charge is 0.337 e. The van der Waals surface area contributed by atoms with Crippen molar-refractivity contribution < 1.29 is 9.72 Å². The minimum Gasteiger partial charge on any atom is -0.337 e. The Bertz CT molecular complexity index is 740. The van der Waals surface area contributed by atoms with Gasteiger partial charge in [-0.1, -0.05) is 0 Å². The lowest BCUT2D eigenvalue weighted by Crippen LogP contribution is -2.34. The van der Waals surface area contributed by atoms with E-state index in [9.17, 15) is 14.9 Å². The molecule has 0 spiro atoms. The van der Waals surface area contributed by atoms with E-state index in [1.807, 2.05) is 4.90 Å². The first-order chi connectivity index (χ1) is 11.5. The molecule has 1 amide bonds. The minimum atomic E-state index is -0.446. The highest BCUT2D eigenvalue weighted by molar-refractivity contribution is 5.93. The van der Waals surface area contributed by atoms with Gasteiger partial charge in [-0.2, -0.15) is 5.10 Å². The highest BCUT2D eigenvalue weighted by atomic mass is 16.6. The normalized spacial score (nSPS) is 16.0. The Morgan fingerprint density at radius 3 is 2.62 bits per heavy atom. The highest BCUT2D eigenvalue weighted by Crippen LogP contribution is 2.16. The van der Waals surface area contributed by atoms with Crippen LogP contribution < -0.4 is 0 Å². The van der Waals surface area contributed by atoms with Gasteiger partial charge in [0.25, 0.3) is 11.6 Å². The smallest absolute Gasteiger partial charge is 0.269 e. The minimum absolute atomic E-state index is 0.0240. The van der Waals surface area contributed by atoms with Crippen molar-refractivity contribution in [3.05, 3.63) is 52.3 Å². The topological polar surface area (TPSA) is 84.5 Å². The van der Waals surface area contributed by atoms with Gasteiger partial charge in [-0.05, 0) is 32.1 Å². The molecule has 0 atom stereocenters. The number of benzene rings is 1. The van der Waals surface area contributed by atoms with E-state index >= 15 is 0 Å². The quantitative estimate of drug-likeness (QED) is 0.630. The van der Waals surface area contributed by atoms with Crippen LogP contribution in [-0.2, 0) is 0 Å². The number of amides is 1. The molecule has 24 heavy (non-hydrogen) atoms. The zero-order chi connectivity index (χ0) is 17.1. The number of hydrogen-bond donors (Lipinski definition) is 0. The summed E-state index contributed by atoms with van der Waals surface area (Å²) in [5.74, 6) is -0.0292. The van der Waals surface area contributed by atoms with E-state index in [-0.39, 0.29) is 11.6 Å². The Labute approximate surface area is 139 Å². The molecule has 8 heteroatoms. The molecule has 1 aliphatic heterocycles. The molecule has 1 aliphatic rings. The van der Waals surface area contributed by atoms with Crippen LogP contribution in [0.5, 0.6) is 0 Å². The van der Waals surface area contributed by atoms with Gasteiger partial charge in [-0.25, -0.2) is 4.68 Å². The molecular weight excluding hydrogens is 310 g/mol. The fourth-order valence-electron chi connectivity index (χ4n) is 2.73. The first kappa shape index (κ1) is 16.1. The number of nitro benzene ring substituents is 1. The summed E-state index contributed by atoms with van der Waals surface area (Å²) in [6.45, 7) is 3.30. The third-order valence-electron chi connectivity index (χ3n) is 4.16. The summed E-state index contributed by atoms with van der Waals surface area (Å²) >= 11 is 0. The standard InChI is InChI=1S/C16H19N5O3/c1-18-7-2-8-19(10-9-18)16(22)13-11-17-20(12-13)14-3-5-15(6-4-14)21(23)24/h3-6,11-12H,2,7-10H2,1H3. The molecule has 126 valence electrons. The molecule has 1 saturated heterocycles. The number of carbonyl (C=O) groups excluding carboxylic acids is 1. The van der Waals surface area contributed by atoms with E-state index in [0.29, 0.717) is 17.8 Å². The summed E-state index contributed by atoms with van der Waals surface area (Å²) < 4.78 is 1.56. The Morgan fingerprint density at radius 1 is 1.17 bits per heavy atom. The predicted octanol–water partition coefficient (Wildman–Crippen LogP) is 1.56. The first-order valence-electron chi connectivity index (χ1n) is 7.82. The molecule has 2 aromatic rings. The summed E-state index contributed by atoms with van der Waals surface area (Å²) in [7, 11) is 2.06. The fraction of sp³-hybridized carbons (Fsp3) is 0.375. The maximum absolute atomic E-state index is 12.6. The molecule has 0 unspecified atom stereocenters. The summed E-state index contributed by atoms with van der Waals surface area (Å²) in [6.07, 6.45) is 4.16. The van der Waals surface area contributed by atoms with Crippen molar-refractivity contribution in [2.45, 2.75) is 6.42 Å². The van der Waals surface area contributed by atoms with Crippen molar-refractivity contribution in [3.63, 3.8) is 0 Å². The van der Waals surface area contributed by atoms with E-state index in [1.165, 1.54) is 12.1 Å². The number of hydrogen-bond acceptors (Lipinski definition) is 5. The Hall–Kier alpha value is -2.74. The van der Waals surface area contributed by atoms with Gasteiger partial charge in [0, 0.05) is 38.0 Å². The van der Waals surface area contributed by atoms with Gasteiger partial charge in [0.2, 0.25) is 0 Å². The van der Waals surface area contributed by atoms with Crippen molar-refractivity contribution in [2.24, 2.45) is 0 Å². The number of likely N-dealkylation sites (N-methyl/N-ethyl adjacent to an activating group) is 1. The molecule has 0 N–H and O–H groups in total. The molecule has 1 aromatic carbocycles. The van der Waals surface area contributed by atoms with Crippen LogP contribution >= 0.6 is 0 Å². The van der Waals surface area contributed by atoms with Gasteiger partial charge >= 0.3 is 0 Å². The van der Waals surface area contributed by atoms with Gasteiger partial charge in [-0.3, -0.25) is 14.9 Å². The molecule has 0 saturated carbocycles. The van der Waals surface area contributed by atoms with Crippen LogP contribution in [0.1, 0.15) is 16.8 Å². The van der Waals surface area contributed by atoms with E-state index in [4.69, 9.17) is 0 Å². The molecular formula is C16H19N5O3. The summed E-state index contributed by atoms with van der Waals surface area (Å²) in [6, 6.07) is 6.06. The predicted molar refractivity (Wildman–Crippen MR) is 88.2 cm³/mol. The van der Waals surface area contributed by atoms with Gasteiger partial charge in [0.05, 0.1) is 22.4 Å². The second-order valence-electron chi connectivity index (χ2n) is 5.90. The molecule has 0 bridgehead atoms. The Balaban J connectivity index is 1.74. The number of carbonyl (C=O) groups is 1. The molecule has 2 heterocycles. The van der Waals surface area contributed by atoms with Crippen molar-refractivity contribution in [1.82, 2.24) is 19.6 Å². The van der Waals surface area contributed by atoms with Crippen molar-refractivity contribution >= 4 is 11.6 Å². The van der Waals surface area contributed by atoms with E-state index < -0.39 is 4.92 Å². The number of nitrogens with zero attached hydrogens (tertiary/aromatic N) is 5. The number of aromatic nitrogens is 2. The lowest BCUT2D eigenvalue weighted by Gasteiger charge is -2.19. The monoisotopic (exact) mass is 329 g/mol. The third-order valence-corrected chi connectivity index (χ3v) is 4.16. The van der Waals surface area contributed by atoms with Gasteiger partial charge < -0.3 is 9.80 Å². The molecule has 1 aromatic heterocycles. The lowest BCUT2D eigenvalue weighted by atomic mass is 10.2. The van der Waals surface area contributed by atoms with Crippen LogP contribution in [0.3, 0.4) is 0 Å². The van der Waals surface area contributed by atoms with Gasteiger partial charge in [-0.15, -0.1) is 0 Å². The summed E-state index contributed by atoms with van der Waals surface area (Å²) in [5, 5.41) is 14.9. The van der Waals surface area contributed by atoms with Crippen molar-refractivity contribution in [3.8, 4) is 5.69 Å². The SMILES string of the molecule is CN1CCCN(C(=O)c2cnn(-c3ccc([N+](=O)[O-])cc3)c2)CC1. The molecule has 1 fully saturated rings.